The fourth-order valence-electron chi connectivity index (χ4n) is 2.93. The van der Waals surface area contributed by atoms with E-state index < -0.39 is 17.7 Å². The molecule has 0 bridgehead atoms. The summed E-state index contributed by atoms with van der Waals surface area (Å²) in [6.07, 6.45) is 2.61. The third kappa shape index (κ3) is 5.36. The predicted molar refractivity (Wildman–Crippen MR) is 98.8 cm³/mol. The Kier molecular flexibility index (Phi) is 5.99. The number of hydrogen-bond donors (Lipinski definition) is 2. The maximum Gasteiger partial charge on any atom is 0.408 e. The van der Waals surface area contributed by atoms with Gasteiger partial charge in [-0.15, -0.1) is 0 Å². The van der Waals surface area contributed by atoms with E-state index in [4.69, 9.17) is 16.3 Å². The smallest absolute Gasteiger partial charge is 0.408 e. The highest BCUT2D eigenvalue weighted by Crippen LogP contribution is 2.43. The van der Waals surface area contributed by atoms with E-state index in [2.05, 4.69) is 10.6 Å². The zero-order valence-corrected chi connectivity index (χ0v) is 16.1. The zero-order chi connectivity index (χ0) is 18.7. The number of alkyl carbamates (subject to hydrolysis) is 1. The van der Waals surface area contributed by atoms with Crippen LogP contribution in [0.5, 0.6) is 0 Å². The summed E-state index contributed by atoms with van der Waals surface area (Å²) in [7, 11) is 0. The van der Waals surface area contributed by atoms with Crippen molar-refractivity contribution in [2.45, 2.75) is 64.0 Å². The van der Waals surface area contributed by atoms with Crippen LogP contribution in [0.2, 0.25) is 5.02 Å². The first-order valence-corrected chi connectivity index (χ1v) is 9.02. The highest BCUT2D eigenvalue weighted by Gasteiger charge is 2.39. The molecular formula is C19H27ClN2O3. The summed E-state index contributed by atoms with van der Waals surface area (Å²) in [5, 5.41) is 6.24. The Morgan fingerprint density at radius 3 is 2.32 bits per heavy atom. The summed E-state index contributed by atoms with van der Waals surface area (Å²) < 4.78 is 5.17. The van der Waals surface area contributed by atoms with Crippen LogP contribution in [-0.2, 0) is 14.9 Å². The lowest BCUT2D eigenvalue weighted by Gasteiger charge is -2.42. The second kappa shape index (κ2) is 7.65. The van der Waals surface area contributed by atoms with E-state index in [1.165, 1.54) is 5.56 Å². The average Bonchev–Trinajstić information content (AvgIpc) is 2.45. The molecule has 1 atom stereocenters. The largest absolute Gasteiger partial charge is 0.444 e. The Labute approximate surface area is 154 Å². The second-order valence-corrected chi connectivity index (χ2v) is 8.16. The van der Waals surface area contributed by atoms with Gasteiger partial charge in [0.2, 0.25) is 5.91 Å². The Morgan fingerprint density at radius 2 is 1.84 bits per heavy atom. The zero-order valence-electron chi connectivity index (χ0n) is 15.3. The van der Waals surface area contributed by atoms with Crippen molar-refractivity contribution in [1.82, 2.24) is 10.6 Å². The average molecular weight is 367 g/mol. The molecule has 0 unspecified atom stereocenters. The van der Waals surface area contributed by atoms with Gasteiger partial charge in [-0.3, -0.25) is 4.79 Å². The van der Waals surface area contributed by atoms with Crippen LogP contribution >= 0.6 is 11.6 Å². The van der Waals surface area contributed by atoms with Gasteiger partial charge in [-0.25, -0.2) is 4.79 Å². The normalized spacial score (nSPS) is 17.2. The van der Waals surface area contributed by atoms with Gasteiger partial charge in [-0.1, -0.05) is 30.2 Å². The lowest BCUT2D eigenvalue weighted by molar-refractivity contribution is -0.123. The Bertz CT molecular complexity index is 619. The molecule has 1 aromatic carbocycles. The maximum atomic E-state index is 12.3. The van der Waals surface area contributed by atoms with E-state index in [1.54, 1.807) is 27.7 Å². The van der Waals surface area contributed by atoms with Crippen molar-refractivity contribution in [2.75, 3.05) is 6.54 Å². The number of amides is 2. The molecule has 2 rings (SSSR count). The molecular weight excluding hydrogens is 340 g/mol. The highest BCUT2D eigenvalue weighted by atomic mass is 35.5. The van der Waals surface area contributed by atoms with E-state index in [0.29, 0.717) is 11.6 Å². The summed E-state index contributed by atoms with van der Waals surface area (Å²) in [4.78, 5) is 24.1. The van der Waals surface area contributed by atoms with Crippen molar-refractivity contribution < 1.29 is 14.3 Å². The second-order valence-electron chi connectivity index (χ2n) is 7.73. The lowest BCUT2D eigenvalue weighted by Crippen LogP contribution is -2.51. The van der Waals surface area contributed by atoms with Crippen LogP contribution < -0.4 is 10.6 Å². The number of carbonyl (C=O) groups excluding carboxylic acids is 2. The van der Waals surface area contributed by atoms with E-state index in [-0.39, 0.29) is 11.3 Å². The molecule has 2 amide bonds. The number of nitrogens with one attached hydrogen (secondary N) is 2. The van der Waals surface area contributed by atoms with Crippen LogP contribution in [0.4, 0.5) is 4.79 Å². The molecule has 1 aromatic rings. The van der Waals surface area contributed by atoms with E-state index in [0.717, 1.165) is 19.3 Å². The summed E-state index contributed by atoms with van der Waals surface area (Å²) >= 11 is 5.96. The number of rotatable bonds is 5. The van der Waals surface area contributed by atoms with Gasteiger partial charge in [-0.2, -0.15) is 0 Å². The minimum absolute atomic E-state index is 0.0358. The number of carbonyl (C=O) groups is 2. The van der Waals surface area contributed by atoms with Crippen LogP contribution in [0.25, 0.3) is 0 Å². The molecule has 0 radical (unpaired) electrons. The minimum Gasteiger partial charge on any atom is -0.444 e. The number of halogens is 1. The maximum absolute atomic E-state index is 12.3. The van der Waals surface area contributed by atoms with Crippen molar-refractivity contribution >= 4 is 23.6 Å². The molecule has 2 N–H and O–H groups in total. The van der Waals surface area contributed by atoms with Gasteiger partial charge < -0.3 is 15.4 Å². The third-order valence-electron chi connectivity index (χ3n) is 4.49. The summed E-state index contributed by atoms with van der Waals surface area (Å²) in [5.74, 6) is -0.217. The predicted octanol–water partition coefficient (Wildman–Crippen LogP) is 3.79. The molecule has 0 saturated heterocycles. The van der Waals surface area contributed by atoms with Crippen molar-refractivity contribution in [2.24, 2.45) is 0 Å². The molecule has 138 valence electrons. The quantitative estimate of drug-likeness (QED) is 0.833. The van der Waals surface area contributed by atoms with Crippen LogP contribution in [0.1, 0.15) is 52.5 Å². The SMILES string of the molecule is C[C@@H](NC(=O)OC(C)(C)C)C(=O)NCC1(c2ccc(Cl)cc2)CCC1. The molecule has 0 aromatic heterocycles. The number of hydrogen-bond acceptors (Lipinski definition) is 3. The molecule has 0 aliphatic heterocycles. The molecule has 1 aliphatic rings. The molecule has 1 saturated carbocycles. The van der Waals surface area contributed by atoms with Crippen molar-refractivity contribution in [3.63, 3.8) is 0 Å². The first kappa shape index (κ1) is 19.6. The van der Waals surface area contributed by atoms with Gasteiger partial charge in [0.25, 0.3) is 0 Å². The fourth-order valence-corrected chi connectivity index (χ4v) is 3.06. The van der Waals surface area contributed by atoms with Crippen molar-refractivity contribution in [3.05, 3.63) is 34.9 Å². The van der Waals surface area contributed by atoms with Gasteiger partial charge in [-0.05, 0) is 58.2 Å². The molecule has 25 heavy (non-hydrogen) atoms. The van der Waals surface area contributed by atoms with Gasteiger partial charge in [0, 0.05) is 17.0 Å². The Morgan fingerprint density at radius 1 is 1.24 bits per heavy atom. The fraction of sp³-hybridized carbons (Fsp3) is 0.579. The number of ether oxygens (including phenoxy) is 1. The van der Waals surface area contributed by atoms with Crippen LogP contribution in [0.15, 0.2) is 24.3 Å². The Hall–Kier alpha value is -1.75. The standard InChI is InChI=1S/C19H27ClN2O3/c1-13(22-17(24)25-18(2,3)4)16(23)21-12-19(10-5-11-19)14-6-8-15(20)9-7-14/h6-9,13H,5,10-12H2,1-4H3,(H,21,23)(H,22,24)/t13-/m1/s1. The van der Waals surface area contributed by atoms with Gasteiger partial charge in [0.15, 0.2) is 0 Å². The van der Waals surface area contributed by atoms with E-state index >= 15 is 0 Å². The van der Waals surface area contributed by atoms with E-state index in [9.17, 15) is 9.59 Å². The number of benzene rings is 1. The van der Waals surface area contributed by atoms with Crippen LogP contribution in [-0.4, -0.2) is 30.2 Å². The van der Waals surface area contributed by atoms with Crippen molar-refractivity contribution in [1.29, 1.82) is 0 Å². The molecule has 0 heterocycles. The monoisotopic (exact) mass is 366 g/mol. The third-order valence-corrected chi connectivity index (χ3v) is 4.75. The highest BCUT2D eigenvalue weighted by molar-refractivity contribution is 6.30. The van der Waals surface area contributed by atoms with Gasteiger partial charge in [0.05, 0.1) is 0 Å². The first-order chi connectivity index (χ1) is 11.6. The molecule has 5 nitrogen and oxygen atoms in total. The summed E-state index contributed by atoms with van der Waals surface area (Å²) in [6, 6.07) is 7.15. The topological polar surface area (TPSA) is 67.4 Å². The molecule has 1 fully saturated rings. The van der Waals surface area contributed by atoms with Gasteiger partial charge >= 0.3 is 6.09 Å². The molecule has 0 spiro atoms. The van der Waals surface area contributed by atoms with Gasteiger partial charge in [0.1, 0.15) is 11.6 Å². The van der Waals surface area contributed by atoms with Crippen LogP contribution in [0, 0.1) is 0 Å². The van der Waals surface area contributed by atoms with Crippen molar-refractivity contribution in [3.8, 4) is 0 Å². The minimum atomic E-state index is -0.655. The summed E-state index contributed by atoms with van der Waals surface area (Å²) in [6.45, 7) is 7.54. The van der Waals surface area contributed by atoms with Crippen LogP contribution in [0.3, 0.4) is 0 Å². The molecule has 1 aliphatic carbocycles. The summed E-state index contributed by atoms with van der Waals surface area (Å²) in [5.41, 5.74) is 0.563. The Balaban J connectivity index is 1.89. The first-order valence-electron chi connectivity index (χ1n) is 8.65. The molecule has 6 heteroatoms. The lowest BCUT2D eigenvalue weighted by atomic mass is 9.64. The van der Waals surface area contributed by atoms with E-state index in [1.807, 2.05) is 24.3 Å².